The zero-order valence-corrected chi connectivity index (χ0v) is 15.1. The standard InChI is InChI=1S/C22H21NOS/c1-24-21-13-7-17(8-14-21)15-16-23-22(25)20-11-9-19(10-12-20)18-5-3-2-4-6-18/h2-14H,15-16H2,1H3,(H,23,25). The van der Waals surface area contributed by atoms with Gasteiger partial charge in [-0.3, -0.25) is 0 Å². The van der Waals surface area contributed by atoms with Crippen LogP contribution in [0.15, 0.2) is 78.9 Å². The molecule has 3 rings (SSSR count). The zero-order chi connectivity index (χ0) is 17.5. The van der Waals surface area contributed by atoms with Gasteiger partial charge in [-0.1, -0.05) is 78.9 Å². The lowest BCUT2D eigenvalue weighted by Gasteiger charge is -2.09. The van der Waals surface area contributed by atoms with E-state index in [1.54, 1.807) is 7.11 Å². The molecule has 0 radical (unpaired) electrons. The topological polar surface area (TPSA) is 21.3 Å². The van der Waals surface area contributed by atoms with Crippen LogP contribution in [0.3, 0.4) is 0 Å². The van der Waals surface area contributed by atoms with Crippen LogP contribution in [0.1, 0.15) is 11.1 Å². The third kappa shape index (κ3) is 4.68. The minimum atomic E-state index is 0.785. The number of nitrogens with one attached hydrogen (secondary N) is 1. The normalized spacial score (nSPS) is 10.3. The molecule has 1 N–H and O–H groups in total. The van der Waals surface area contributed by atoms with Crippen LogP contribution >= 0.6 is 12.2 Å². The first-order valence-corrected chi connectivity index (χ1v) is 8.74. The Bertz CT molecular complexity index is 811. The van der Waals surface area contributed by atoms with E-state index in [-0.39, 0.29) is 0 Å². The molecule has 0 bridgehead atoms. The molecule has 0 amide bonds. The minimum Gasteiger partial charge on any atom is -0.497 e. The summed E-state index contributed by atoms with van der Waals surface area (Å²) in [5, 5.41) is 3.34. The van der Waals surface area contributed by atoms with Crippen molar-refractivity contribution < 1.29 is 4.74 Å². The molecule has 126 valence electrons. The van der Waals surface area contributed by atoms with Crippen LogP contribution < -0.4 is 10.1 Å². The SMILES string of the molecule is COc1ccc(CCNC(=S)c2ccc(-c3ccccc3)cc2)cc1. The molecule has 0 saturated carbocycles. The minimum absolute atomic E-state index is 0.785. The van der Waals surface area contributed by atoms with Crippen LogP contribution in [-0.4, -0.2) is 18.6 Å². The van der Waals surface area contributed by atoms with E-state index in [0.29, 0.717) is 0 Å². The number of hydrogen-bond donors (Lipinski definition) is 1. The molecular weight excluding hydrogens is 326 g/mol. The highest BCUT2D eigenvalue weighted by atomic mass is 32.1. The summed E-state index contributed by atoms with van der Waals surface area (Å²) in [5.41, 5.74) is 4.72. The van der Waals surface area contributed by atoms with Gasteiger partial charge in [-0.2, -0.15) is 0 Å². The zero-order valence-electron chi connectivity index (χ0n) is 14.2. The van der Waals surface area contributed by atoms with E-state index < -0.39 is 0 Å². The molecular formula is C22H21NOS. The Morgan fingerprint density at radius 1 is 0.840 bits per heavy atom. The number of ether oxygens (including phenoxy) is 1. The second-order valence-corrected chi connectivity index (χ2v) is 6.21. The molecule has 2 nitrogen and oxygen atoms in total. The maximum absolute atomic E-state index is 5.50. The van der Waals surface area contributed by atoms with Gasteiger partial charge in [-0.15, -0.1) is 0 Å². The Balaban J connectivity index is 1.54. The maximum Gasteiger partial charge on any atom is 0.118 e. The number of methoxy groups -OCH3 is 1. The first kappa shape index (κ1) is 17.2. The van der Waals surface area contributed by atoms with Gasteiger partial charge in [0.1, 0.15) is 10.7 Å². The summed E-state index contributed by atoms with van der Waals surface area (Å²) >= 11 is 5.50. The van der Waals surface area contributed by atoms with Gasteiger partial charge in [0.2, 0.25) is 0 Å². The third-order valence-corrected chi connectivity index (χ3v) is 4.49. The van der Waals surface area contributed by atoms with Crippen LogP contribution in [-0.2, 0) is 6.42 Å². The maximum atomic E-state index is 5.50. The van der Waals surface area contributed by atoms with Gasteiger partial charge in [0, 0.05) is 12.1 Å². The summed E-state index contributed by atoms with van der Waals surface area (Å²) in [4.78, 5) is 0.785. The highest BCUT2D eigenvalue weighted by Crippen LogP contribution is 2.19. The molecule has 0 aromatic heterocycles. The average molecular weight is 347 g/mol. The fourth-order valence-corrected chi connectivity index (χ4v) is 2.90. The van der Waals surface area contributed by atoms with Crippen LogP contribution in [0.4, 0.5) is 0 Å². The van der Waals surface area contributed by atoms with Gasteiger partial charge >= 0.3 is 0 Å². The summed E-state index contributed by atoms with van der Waals surface area (Å²) in [6, 6.07) is 26.9. The van der Waals surface area contributed by atoms with E-state index in [0.717, 1.165) is 29.3 Å². The molecule has 0 aliphatic heterocycles. The van der Waals surface area contributed by atoms with Crippen LogP contribution in [0.25, 0.3) is 11.1 Å². The first-order valence-electron chi connectivity index (χ1n) is 8.33. The number of hydrogen-bond acceptors (Lipinski definition) is 2. The largest absolute Gasteiger partial charge is 0.497 e. The monoisotopic (exact) mass is 347 g/mol. The molecule has 0 spiro atoms. The van der Waals surface area contributed by atoms with Gasteiger partial charge in [0.25, 0.3) is 0 Å². The van der Waals surface area contributed by atoms with Crippen molar-refractivity contribution in [1.29, 1.82) is 0 Å². The molecule has 0 unspecified atom stereocenters. The van der Waals surface area contributed by atoms with Crippen LogP contribution in [0.2, 0.25) is 0 Å². The van der Waals surface area contributed by atoms with Crippen molar-refractivity contribution in [1.82, 2.24) is 5.32 Å². The lowest BCUT2D eigenvalue weighted by Crippen LogP contribution is -2.24. The summed E-state index contributed by atoms with van der Waals surface area (Å²) < 4.78 is 5.17. The Kier molecular flexibility index (Phi) is 5.81. The Morgan fingerprint density at radius 2 is 1.48 bits per heavy atom. The highest BCUT2D eigenvalue weighted by Gasteiger charge is 2.02. The summed E-state index contributed by atoms with van der Waals surface area (Å²) in [5.74, 6) is 0.880. The molecule has 0 aliphatic carbocycles. The van der Waals surface area contributed by atoms with Gasteiger partial charge in [-0.05, 0) is 35.2 Å². The smallest absolute Gasteiger partial charge is 0.118 e. The highest BCUT2D eigenvalue weighted by molar-refractivity contribution is 7.80. The fourth-order valence-electron chi connectivity index (χ4n) is 2.66. The van der Waals surface area contributed by atoms with E-state index in [2.05, 4.69) is 66.0 Å². The third-order valence-electron chi connectivity index (χ3n) is 4.11. The quantitative estimate of drug-likeness (QED) is 0.643. The number of thiocarbonyl (C=S) groups is 1. The second-order valence-electron chi connectivity index (χ2n) is 5.80. The average Bonchev–Trinajstić information content (AvgIpc) is 2.69. The Hall–Kier alpha value is -2.65. The predicted molar refractivity (Wildman–Crippen MR) is 108 cm³/mol. The molecule has 3 aromatic rings. The van der Waals surface area contributed by atoms with E-state index in [1.165, 1.54) is 16.7 Å². The Labute approximate surface area is 154 Å². The molecule has 0 aliphatic rings. The molecule has 3 aromatic carbocycles. The molecule has 3 heteroatoms. The number of rotatable bonds is 6. The summed E-state index contributed by atoms with van der Waals surface area (Å²) in [7, 11) is 1.68. The van der Waals surface area contributed by atoms with Crippen molar-refractivity contribution in [2.75, 3.05) is 13.7 Å². The molecule has 0 fully saturated rings. The van der Waals surface area contributed by atoms with E-state index in [4.69, 9.17) is 17.0 Å². The van der Waals surface area contributed by atoms with Gasteiger partial charge in [-0.25, -0.2) is 0 Å². The van der Waals surface area contributed by atoms with Gasteiger partial charge in [0.05, 0.1) is 7.11 Å². The van der Waals surface area contributed by atoms with Crippen molar-refractivity contribution >= 4 is 17.2 Å². The molecule has 25 heavy (non-hydrogen) atoms. The van der Waals surface area contributed by atoms with Crippen molar-refractivity contribution in [3.8, 4) is 16.9 Å². The van der Waals surface area contributed by atoms with Gasteiger partial charge < -0.3 is 10.1 Å². The van der Waals surface area contributed by atoms with Crippen molar-refractivity contribution in [2.45, 2.75) is 6.42 Å². The first-order chi connectivity index (χ1) is 12.3. The molecule has 0 saturated heterocycles. The van der Waals surface area contributed by atoms with E-state index >= 15 is 0 Å². The Morgan fingerprint density at radius 3 is 2.12 bits per heavy atom. The predicted octanol–water partition coefficient (Wildman–Crippen LogP) is 4.87. The molecule has 0 heterocycles. The van der Waals surface area contributed by atoms with E-state index in [9.17, 15) is 0 Å². The summed E-state index contributed by atoms with van der Waals surface area (Å²) in [6.45, 7) is 0.811. The van der Waals surface area contributed by atoms with Gasteiger partial charge in [0.15, 0.2) is 0 Å². The van der Waals surface area contributed by atoms with Crippen LogP contribution in [0, 0.1) is 0 Å². The fraction of sp³-hybridized carbons (Fsp3) is 0.136. The van der Waals surface area contributed by atoms with Crippen LogP contribution in [0.5, 0.6) is 5.75 Å². The summed E-state index contributed by atoms with van der Waals surface area (Å²) in [6.07, 6.45) is 0.923. The van der Waals surface area contributed by atoms with Crippen molar-refractivity contribution in [3.63, 3.8) is 0 Å². The lowest BCUT2D eigenvalue weighted by atomic mass is 10.0. The van der Waals surface area contributed by atoms with Crippen molar-refractivity contribution in [2.24, 2.45) is 0 Å². The second kappa shape index (κ2) is 8.45. The number of benzene rings is 3. The van der Waals surface area contributed by atoms with E-state index in [1.807, 2.05) is 18.2 Å². The van der Waals surface area contributed by atoms with Crippen molar-refractivity contribution in [3.05, 3.63) is 90.0 Å². The lowest BCUT2D eigenvalue weighted by molar-refractivity contribution is 0.414. The molecule has 0 atom stereocenters.